The van der Waals surface area contributed by atoms with E-state index in [-0.39, 0.29) is 12.4 Å². The standard InChI is InChI=1S/C24H27NO4/c1-2-28-24(27)22-21-18(11-6-7-14-25-15-8-16-25)19(26)12-13-20(21)29-23(22)17-9-4-3-5-10-17/h3-5,9-10,12-13,26H,2,6-8,11,14-16H2,1H3. The molecule has 1 aromatic heterocycles. The van der Waals surface area contributed by atoms with Crippen LogP contribution in [-0.4, -0.2) is 42.2 Å². The van der Waals surface area contributed by atoms with Gasteiger partial charge < -0.3 is 19.2 Å². The SMILES string of the molecule is CCOC(=O)c1c(-c2ccccc2)oc2ccc(O)c(CCCCN3CCC3)c12. The third-order valence-electron chi connectivity index (χ3n) is 5.55. The van der Waals surface area contributed by atoms with Crippen molar-refractivity contribution in [3.8, 4) is 17.1 Å². The quantitative estimate of drug-likeness (QED) is 0.430. The summed E-state index contributed by atoms with van der Waals surface area (Å²) in [5.74, 6) is 0.274. The number of aryl methyl sites for hydroxylation is 1. The number of ether oxygens (including phenoxy) is 1. The fraction of sp³-hybridized carbons (Fsp3) is 0.375. The Hall–Kier alpha value is -2.79. The Morgan fingerprint density at radius 1 is 1.14 bits per heavy atom. The molecule has 0 spiro atoms. The molecule has 0 bridgehead atoms. The Balaban J connectivity index is 1.73. The zero-order chi connectivity index (χ0) is 20.2. The lowest BCUT2D eigenvalue weighted by molar-refractivity contribution is 0.0528. The molecule has 1 saturated heterocycles. The molecule has 2 aromatic carbocycles. The van der Waals surface area contributed by atoms with Gasteiger partial charge in [-0.15, -0.1) is 0 Å². The summed E-state index contributed by atoms with van der Waals surface area (Å²) in [6.07, 6.45) is 3.99. The van der Waals surface area contributed by atoms with E-state index in [1.54, 1.807) is 19.1 Å². The Morgan fingerprint density at radius 2 is 1.93 bits per heavy atom. The van der Waals surface area contributed by atoms with Gasteiger partial charge in [0.25, 0.3) is 0 Å². The highest BCUT2D eigenvalue weighted by Gasteiger charge is 2.26. The monoisotopic (exact) mass is 393 g/mol. The van der Waals surface area contributed by atoms with Gasteiger partial charge in [0, 0.05) is 16.5 Å². The van der Waals surface area contributed by atoms with Crippen molar-refractivity contribution in [1.29, 1.82) is 0 Å². The van der Waals surface area contributed by atoms with Crippen molar-refractivity contribution < 1.29 is 19.1 Å². The number of nitrogens with zero attached hydrogens (tertiary/aromatic N) is 1. The third-order valence-corrected chi connectivity index (χ3v) is 5.55. The summed E-state index contributed by atoms with van der Waals surface area (Å²) in [5, 5.41) is 11.3. The molecule has 0 radical (unpaired) electrons. The maximum atomic E-state index is 12.9. The second kappa shape index (κ2) is 8.70. The predicted octanol–water partition coefficient (Wildman–Crippen LogP) is 5.01. The van der Waals surface area contributed by atoms with E-state index in [0.29, 0.717) is 28.7 Å². The minimum atomic E-state index is -0.419. The van der Waals surface area contributed by atoms with Gasteiger partial charge in [0.2, 0.25) is 0 Å². The van der Waals surface area contributed by atoms with E-state index in [4.69, 9.17) is 9.15 Å². The van der Waals surface area contributed by atoms with E-state index >= 15 is 0 Å². The first-order valence-corrected chi connectivity index (χ1v) is 10.4. The van der Waals surface area contributed by atoms with E-state index in [9.17, 15) is 9.90 Å². The van der Waals surface area contributed by atoms with Crippen molar-refractivity contribution in [2.75, 3.05) is 26.2 Å². The molecule has 0 amide bonds. The average Bonchev–Trinajstić information content (AvgIpc) is 3.08. The molecule has 152 valence electrons. The van der Waals surface area contributed by atoms with E-state index in [0.717, 1.165) is 30.5 Å². The fourth-order valence-corrected chi connectivity index (χ4v) is 3.94. The van der Waals surface area contributed by atoms with Gasteiger partial charge in [-0.1, -0.05) is 30.3 Å². The van der Waals surface area contributed by atoms with Gasteiger partial charge in [-0.25, -0.2) is 4.79 Å². The zero-order valence-corrected chi connectivity index (χ0v) is 16.8. The van der Waals surface area contributed by atoms with Crippen LogP contribution in [0.15, 0.2) is 46.9 Å². The lowest BCUT2D eigenvalue weighted by Gasteiger charge is -2.30. The largest absolute Gasteiger partial charge is 0.508 e. The highest BCUT2D eigenvalue weighted by Crippen LogP contribution is 2.39. The molecule has 5 heteroatoms. The van der Waals surface area contributed by atoms with E-state index < -0.39 is 5.97 Å². The molecule has 1 N–H and O–H groups in total. The normalized spacial score (nSPS) is 14.1. The first-order chi connectivity index (χ1) is 14.2. The zero-order valence-electron chi connectivity index (χ0n) is 16.8. The number of aromatic hydroxyl groups is 1. The van der Waals surface area contributed by atoms with Crippen molar-refractivity contribution in [1.82, 2.24) is 4.90 Å². The number of benzene rings is 2. The second-order valence-corrected chi connectivity index (χ2v) is 7.48. The topological polar surface area (TPSA) is 62.9 Å². The molecular formula is C24H27NO4. The smallest absolute Gasteiger partial charge is 0.342 e. The number of esters is 1. The first-order valence-electron chi connectivity index (χ1n) is 10.4. The number of carbonyl (C=O) groups is 1. The molecule has 0 aliphatic carbocycles. The van der Waals surface area contributed by atoms with Crippen molar-refractivity contribution in [2.45, 2.75) is 32.6 Å². The molecule has 1 aliphatic rings. The number of fused-ring (bicyclic) bond motifs is 1. The summed E-state index contributed by atoms with van der Waals surface area (Å²) >= 11 is 0. The lowest BCUT2D eigenvalue weighted by atomic mass is 9.97. The van der Waals surface area contributed by atoms with Gasteiger partial charge in [-0.3, -0.25) is 0 Å². The Morgan fingerprint density at radius 3 is 2.62 bits per heavy atom. The van der Waals surface area contributed by atoms with Crippen LogP contribution in [0.5, 0.6) is 5.75 Å². The van der Waals surface area contributed by atoms with Crippen LogP contribution in [0, 0.1) is 0 Å². The van der Waals surface area contributed by atoms with Gasteiger partial charge in [0.1, 0.15) is 22.7 Å². The van der Waals surface area contributed by atoms with Crippen LogP contribution in [-0.2, 0) is 11.2 Å². The highest BCUT2D eigenvalue weighted by atomic mass is 16.5. The van der Waals surface area contributed by atoms with E-state index in [1.165, 1.54) is 19.5 Å². The van der Waals surface area contributed by atoms with Crippen LogP contribution >= 0.6 is 0 Å². The Labute approximate surface area is 170 Å². The molecule has 5 nitrogen and oxygen atoms in total. The maximum absolute atomic E-state index is 12.9. The van der Waals surface area contributed by atoms with Gasteiger partial charge in [0.15, 0.2) is 0 Å². The summed E-state index contributed by atoms with van der Waals surface area (Å²) in [6, 6.07) is 12.9. The summed E-state index contributed by atoms with van der Waals surface area (Å²) in [5.41, 5.74) is 2.58. The van der Waals surface area contributed by atoms with Crippen molar-refractivity contribution in [3.05, 3.63) is 53.6 Å². The maximum Gasteiger partial charge on any atom is 0.342 e. The summed E-state index contributed by atoms with van der Waals surface area (Å²) in [6.45, 7) is 5.54. The molecule has 29 heavy (non-hydrogen) atoms. The van der Waals surface area contributed by atoms with Crippen LogP contribution in [0.2, 0.25) is 0 Å². The van der Waals surface area contributed by atoms with Gasteiger partial charge in [-0.05, 0) is 64.4 Å². The Kier molecular flexibility index (Phi) is 5.86. The molecule has 0 unspecified atom stereocenters. The molecule has 0 saturated carbocycles. The molecule has 0 atom stereocenters. The van der Waals surface area contributed by atoms with Crippen LogP contribution in [0.3, 0.4) is 0 Å². The highest BCUT2D eigenvalue weighted by molar-refractivity contribution is 6.10. The number of hydrogen-bond donors (Lipinski definition) is 1. The number of rotatable bonds is 8. The first kappa shape index (κ1) is 19.5. The number of phenolic OH excluding ortho intramolecular Hbond substituents is 1. The summed E-state index contributed by atoms with van der Waals surface area (Å²) < 4.78 is 11.4. The lowest BCUT2D eigenvalue weighted by Crippen LogP contribution is -2.37. The minimum Gasteiger partial charge on any atom is -0.508 e. The van der Waals surface area contributed by atoms with Crippen LogP contribution in [0.1, 0.15) is 42.1 Å². The van der Waals surface area contributed by atoms with Gasteiger partial charge >= 0.3 is 5.97 Å². The molecule has 4 rings (SSSR count). The predicted molar refractivity (Wildman–Crippen MR) is 113 cm³/mol. The van der Waals surface area contributed by atoms with Gasteiger partial charge in [-0.2, -0.15) is 0 Å². The van der Waals surface area contributed by atoms with E-state index in [2.05, 4.69) is 4.90 Å². The number of unbranched alkanes of at least 4 members (excludes halogenated alkanes) is 1. The minimum absolute atomic E-state index is 0.201. The van der Waals surface area contributed by atoms with Crippen molar-refractivity contribution >= 4 is 16.9 Å². The molecule has 1 fully saturated rings. The molecule has 1 aliphatic heterocycles. The fourth-order valence-electron chi connectivity index (χ4n) is 3.94. The van der Waals surface area contributed by atoms with Gasteiger partial charge in [0.05, 0.1) is 6.61 Å². The van der Waals surface area contributed by atoms with Crippen molar-refractivity contribution in [2.24, 2.45) is 0 Å². The second-order valence-electron chi connectivity index (χ2n) is 7.48. The molecule has 3 aromatic rings. The number of hydrogen-bond acceptors (Lipinski definition) is 5. The molecule has 2 heterocycles. The Bertz CT molecular complexity index is 989. The van der Waals surface area contributed by atoms with Crippen LogP contribution in [0.4, 0.5) is 0 Å². The van der Waals surface area contributed by atoms with Crippen LogP contribution < -0.4 is 0 Å². The third kappa shape index (κ3) is 4.01. The molecular weight excluding hydrogens is 366 g/mol. The summed E-state index contributed by atoms with van der Waals surface area (Å²) in [7, 11) is 0. The van der Waals surface area contributed by atoms with E-state index in [1.807, 2.05) is 30.3 Å². The number of carbonyl (C=O) groups excluding carboxylic acids is 1. The number of phenols is 1. The summed E-state index contributed by atoms with van der Waals surface area (Å²) in [4.78, 5) is 15.3. The average molecular weight is 393 g/mol. The number of likely N-dealkylation sites (tertiary alicyclic amines) is 1. The number of furan rings is 1. The van der Waals surface area contributed by atoms with Crippen molar-refractivity contribution in [3.63, 3.8) is 0 Å². The van der Waals surface area contributed by atoms with Crippen LogP contribution in [0.25, 0.3) is 22.3 Å².